The van der Waals surface area contributed by atoms with Crippen molar-refractivity contribution in [3.05, 3.63) is 29.6 Å². The predicted octanol–water partition coefficient (Wildman–Crippen LogP) is 0.588. The van der Waals surface area contributed by atoms with E-state index in [1.165, 1.54) is 6.20 Å². The second-order valence-corrected chi connectivity index (χ2v) is 2.55. The third-order valence-corrected chi connectivity index (χ3v) is 1.61. The minimum atomic E-state index is -0.128. The van der Waals surface area contributed by atoms with Crippen molar-refractivity contribution in [1.82, 2.24) is 10.3 Å². The van der Waals surface area contributed by atoms with Crippen molar-refractivity contribution < 1.29 is 9.53 Å². The third-order valence-electron chi connectivity index (χ3n) is 1.61. The van der Waals surface area contributed by atoms with E-state index in [0.717, 1.165) is 5.69 Å². The summed E-state index contributed by atoms with van der Waals surface area (Å²) < 4.78 is 4.89. The number of pyridine rings is 1. The van der Waals surface area contributed by atoms with Gasteiger partial charge in [-0.3, -0.25) is 9.78 Å². The fraction of sp³-hybridized carbons (Fsp3) is 0.333. The molecule has 0 saturated carbocycles. The summed E-state index contributed by atoms with van der Waals surface area (Å²) in [6.45, 7) is 0.466. The fourth-order valence-electron chi connectivity index (χ4n) is 0.936. The summed E-state index contributed by atoms with van der Waals surface area (Å²) in [5.74, 6) is -0.128. The molecule has 1 rings (SSSR count). The SMILES string of the molecule is CNC(=O)c1ccc(COC)nc1. The number of amides is 1. The summed E-state index contributed by atoms with van der Waals surface area (Å²) in [6.07, 6.45) is 1.53. The molecule has 0 saturated heterocycles. The zero-order valence-corrected chi connectivity index (χ0v) is 7.70. The number of nitrogens with one attached hydrogen (secondary N) is 1. The van der Waals surface area contributed by atoms with Gasteiger partial charge in [0.15, 0.2) is 0 Å². The molecule has 0 aliphatic carbocycles. The minimum Gasteiger partial charge on any atom is -0.378 e. The van der Waals surface area contributed by atoms with E-state index in [2.05, 4.69) is 10.3 Å². The van der Waals surface area contributed by atoms with Gasteiger partial charge in [-0.25, -0.2) is 0 Å². The Hall–Kier alpha value is -1.42. The lowest BCUT2D eigenvalue weighted by Crippen LogP contribution is -2.17. The van der Waals surface area contributed by atoms with Crippen molar-refractivity contribution >= 4 is 5.91 Å². The second kappa shape index (κ2) is 4.57. The molecule has 4 nitrogen and oxygen atoms in total. The minimum absolute atomic E-state index is 0.128. The maximum atomic E-state index is 11.1. The van der Waals surface area contributed by atoms with Crippen LogP contribution in [0.3, 0.4) is 0 Å². The van der Waals surface area contributed by atoms with Gasteiger partial charge in [-0.1, -0.05) is 0 Å². The molecule has 0 atom stereocenters. The molecule has 1 aromatic heterocycles. The Balaban J connectivity index is 2.75. The monoisotopic (exact) mass is 180 g/mol. The average Bonchev–Trinajstić information content (AvgIpc) is 2.18. The smallest absolute Gasteiger partial charge is 0.252 e. The molecule has 1 N–H and O–H groups in total. The van der Waals surface area contributed by atoms with Gasteiger partial charge in [-0.05, 0) is 12.1 Å². The van der Waals surface area contributed by atoms with E-state index in [0.29, 0.717) is 12.2 Å². The number of rotatable bonds is 3. The first kappa shape index (κ1) is 9.67. The molecule has 0 aliphatic heterocycles. The highest BCUT2D eigenvalue weighted by atomic mass is 16.5. The normalized spacial score (nSPS) is 9.69. The molecule has 1 heterocycles. The second-order valence-electron chi connectivity index (χ2n) is 2.55. The molecule has 4 heteroatoms. The number of carbonyl (C=O) groups excluding carboxylic acids is 1. The van der Waals surface area contributed by atoms with Crippen LogP contribution < -0.4 is 5.32 Å². The molecule has 0 radical (unpaired) electrons. The van der Waals surface area contributed by atoms with Gasteiger partial charge >= 0.3 is 0 Å². The fourth-order valence-corrected chi connectivity index (χ4v) is 0.936. The van der Waals surface area contributed by atoms with Crippen LogP contribution >= 0.6 is 0 Å². The van der Waals surface area contributed by atoms with Crippen LogP contribution in [0.5, 0.6) is 0 Å². The highest BCUT2D eigenvalue weighted by Crippen LogP contribution is 2.00. The molecule has 1 amide bonds. The summed E-state index contributed by atoms with van der Waals surface area (Å²) in [6, 6.07) is 3.49. The number of hydrogen-bond acceptors (Lipinski definition) is 3. The number of aromatic nitrogens is 1. The molecular weight excluding hydrogens is 168 g/mol. The van der Waals surface area contributed by atoms with E-state index >= 15 is 0 Å². The molecule has 70 valence electrons. The highest BCUT2D eigenvalue weighted by Gasteiger charge is 2.02. The number of nitrogens with zero attached hydrogens (tertiary/aromatic N) is 1. The van der Waals surface area contributed by atoms with Crippen LogP contribution in [0.2, 0.25) is 0 Å². The van der Waals surface area contributed by atoms with E-state index in [9.17, 15) is 4.79 Å². The predicted molar refractivity (Wildman–Crippen MR) is 48.3 cm³/mol. The van der Waals surface area contributed by atoms with Crippen molar-refractivity contribution in [2.75, 3.05) is 14.2 Å². The van der Waals surface area contributed by atoms with Crippen molar-refractivity contribution in [3.8, 4) is 0 Å². The molecule has 0 aromatic carbocycles. The van der Waals surface area contributed by atoms with E-state index < -0.39 is 0 Å². The number of carbonyl (C=O) groups is 1. The topological polar surface area (TPSA) is 51.2 Å². The quantitative estimate of drug-likeness (QED) is 0.740. The Morgan fingerprint density at radius 1 is 1.62 bits per heavy atom. The van der Waals surface area contributed by atoms with Crippen LogP contribution in [0.1, 0.15) is 16.1 Å². The standard InChI is InChI=1S/C9H12N2O2/c1-10-9(12)7-3-4-8(6-13-2)11-5-7/h3-5H,6H2,1-2H3,(H,10,12). The Labute approximate surface area is 76.9 Å². The van der Waals surface area contributed by atoms with E-state index in [-0.39, 0.29) is 5.91 Å². The van der Waals surface area contributed by atoms with E-state index in [1.807, 2.05) is 0 Å². The summed E-state index contributed by atoms with van der Waals surface area (Å²) in [7, 11) is 3.19. The maximum Gasteiger partial charge on any atom is 0.252 e. The average molecular weight is 180 g/mol. The van der Waals surface area contributed by atoms with Crippen molar-refractivity contribution in [1.29, 1.82) is 0 Å². The van der Waals surface area contributed by atoms with Gasteiger partial charge in [0.25, 0.3) is 5.91 Å². The lowest BCUT2D eigenvalue weighted by atomic mass is 10.2. The third kappa shape index (κ3) is 2.52. The zero-order chi connectivity index (χ0) is 9.68. The summed E-state index contributed by atoms with van der Waals surface area (Å²) >= 11 is 0. The molecule has 0 spiro atoms. The van der Waals surface area contributed by atoms with Crippen LogP contribution in [0, 0.1) is 0 Å². The molecule has 0 bridgehead atoms. The van der Waals surface area contributed by atoms with Gasteiger partial charge in [0.05, 0.1) is 17.9 Å². The van der Waals surface area contributed by atoms with Gasteiger partial charge in [0, 0.05) is 20.4 Å². The molecule has 0 fully saturated rings. The van der Waals surface area contributed by atoms with Crippen LogP contribution in [0.4, 0.5) is 0 Å². The largest absolute Gasteiger partial charge is 0.378 e. The highest BCUT2D eigenvalue weighted by molar-refractivity contribution is 5.93. The maximum absolute atomic E-state index is 11.1. The van der Waals surface area contributed by atoms with Crippen LogP contribution in [0.15, 0.2) is 18.3 Å². The van der Waals surface area contributed by atoms with Crippen LogP contribution in [0.25, 0.3) is 0 Å². The summed E-state index contributed by atoms with van der Waals surface area (Å²) in [5, 5.41) is 2.52. The number of ether oxygens (including phenoxy) is 1. The van der Waals surface area contributed by atoms with E-state index in [4.69, 9.17) is 4.74 Å². The lowest BCUT2D eigenvalue weighted by Gasteiger charge is -2.00. The van der Waals surface area contributed by atoms with Crippen molar-refractivity contribution in [2.24, 2.45) is 0 Å². The first-order valence-electron chi connectivity index (χ1n) is 3.94. The van der Waals surface area contributed by atoms with Gasteiger partial charge in [-0.2, -0.15) is 0 Å². The van der Waals surface area contributed by atoms with Gasteiger partial charge in [0.2, 0.25) is 0 Å². The number of hydrogen-bond donors (Lipinski definition) is 1. The van der Waals surface area contributed by atoms with Gasteiger partial charge in [-0.15, -0.1) is 0 Å². The van der Waals surface area contributed by atoms with E-state index in [1.54, 1.807) is 26.3 Å². The number of methoxy groups -OCH3 is 1. The molecule has 1 aromatic rings. The molecular formula is C9H12N2O2. The summed E-state index contributed by atoms with van der Waals surface area (Å²) in [5.41, 5.74) is 1.37. The molecule has 0 aliphatic rings. The van der Waals surface area contributed by atoms with Gasteiger partial charge in [0.1, 0.15) is 0 Å². The Morgan fingerprint density at radius 3 is 2.85 bits per heavy atom. The van der Waals surface area contributed by atoms with Gasteiger partial charge < -0.3 is 10.1 Å². The Morgan fingerprint density at radius 2 is 2.38 bits per heavy atom. The lowest BCUT2D eigenvalue weighted by molar-refractivity contribution is 0.0962. The summed E-state index contributed by atoms with van der Waals surface area (Å²) in [4.78, 5) is 15.2. The first-order valence-corrected chi connectivity index (χ1v) is 3.94. The zero-order valence-electron chi connectivity index (χ0n) is 7.70. The Kier molecular flexibility index (Phi) is 3.40. The Bertz CT molecular complexity index is 282. The van der Waals surface area contributed by atoms with Crippen LogP contribution in [-0.4, -0.2) is 25.0 Å². The van der Waals surface area contributed by atoms with Crippen LogP contribution in [-0.2, 0) is 11.3 Å². The van der Waals surface area contributed by atoms with Crippen molar-refractivity contribution in [3.63, 3.8) is 0 Å². The first-order chi connectivity index (χ1) is 6.27. The molecule has 13 heavy (non-hydrogen) atoms. The molecule has 0 unspecified atom stereocenters. The van der Waals surface area contributed by atoms with Crippen molar-refractivity contribution in [2.45, 2.75) is 6.61 Å².